The zero-order valence-electron chi connectivity index (χ0n) is 13.0. The van der Waals surface area contributed by atoms with Crippen LogP contribution in [0.3, 0.4) is 0 Å². The lowest BCUT2D eigenvalue weighted by molar-refractivity contribution is -0.172. The van der Waals surface area contributed by atoms with Crippen molar-refractivity contribution in [3.8, 4) is 0 Å². The van der Waals surface area contributed by atoms with E-state index >= 15 is 0 Å². The second-order valence-corrected chi connectivity index (χ2v) is 6.69. The largest absolute Gasteiger partial charge is 0.408 e. The van der Waals surface area contributed by atoms with Crippen LogP contribution in [-0.2, 0) is 7.05 Å². The first-order valence-corrected chi connectivity index (χ1v) is 8.31. The van der Waals surface area contributed by atoms with Crippen molar-refractivity contribution in [2.75, 3.05) is 6.54 Å². The van der Waals surface area contributed by atoms with Crippen LogP contribution in [0.1, 0.15) is 18.5 Å². The molecular weight excluding hydrogens is 361 g/mol. The molecule has 1 atom stereocenters. The third-order valence-corrected chi connectivity index (χ3v) is 4.81. The Balaban J connectivity index is 2.36. The third-order valence-electron chi connectivity index (χ3n) is 3.39. The van der Waals surface area contributed by atoms with E-state index in [9.17, 15) is 18.0 Å². The van der Waals surface area contributed by atoms with E-state index in [1.165, 1.54) is 45.4 Å². The monoisotopic (exact) mass is 376 g/mol. The highest BCUT2D eigenvalue weighted by Gasteiger charge is 2.44. The van der Waals surface area contributed by atoms with Gasteiger partial charge in [0.2, 0.25) is 0 Å². The lowest BCUT2D eigenvalue weighted by Gasteiger charge is -2.31. The normalized spacial score (nSPS) is 13.3. The average Bonchev–Trinajstić information content (AvgIpc) is 2.50. The zero-order chi connectivity index (χ0) is 17.9. The number of rotatable bonds is 5. The van der Waals surface area contributed by atoms with Crippen molar-refractivity contribution < 1.29 is 13.2 Å². The van der Waals surface area contributed by atoms with Gasteiger partial charge >= 0.3 is 6.18 Å². The van der Waals surface area contributed by atoms with Gasteiger partial charge in [-0.1, -0.05) is 30.7 Å². The molecule has 0 amide bonds. The molecule has 0 saturated heterocycles. The summed E-state index contributed by atoms with van der Waals surface area (Å²) in [7, 11) is 1.58. The van der Waals surface area contributed by atoms with Crippen molar-refractivity contribution in [2.24, 2.45) is 7.05 Å². The van der Waals surface area contributed by atoms with Gasteiger partial charge in [-0.15, -0.1) is 0 Å². The fraction of sp³-hybridized carbons (Fsp3) is 0.312. The maximum atomic E-state index is 13.6. The van der Waals surface area contributed by atoms with Crippen LogP contribution in [0.25, 0.3) is 0 Å². The molecule has 1 heterocycles. The van der Waals surface area contributed by atoms with Gasteiger partial charge in [0.15, 0.2) is 0 Å². The summed E-state index contributed by atoms with van der Waals surface area (Å²) in [6, 6.07) is 6.75. The Morgan fingerprint density at radius 2 is 1.88 bits per heavy atom. The molecule has 1 unspecified atom stereocenters. The maximum absolute atomic E-state index is 13.6. The molecule has 2 rings (SSSR count). The zero-order valence-corrected chi connectivity index (χ0v) is 14.6. The Kier molecular flexibility index (Phi) is 6.01. The van der Waals surface area contributed by atoms with Gasteiger partial charge in [0.05, 0.1) is 0 Å². The lowest BCUT2D eigenvalue weighted by atomic mass is 10.1. The van der Waals surface area contributed by atoms with Crippen LogP contribution in [-0.4, -0.2) is 21.6 Å². The van der Waals surface area contributed by atoms with Gasteiger partial charge in [-0.3, -0.25) is 4.79 Å². The average molecular weight is 377 g/mol. The molecular formula is C16H16ClF3N2OS. The van der Waals surface area contributed by atoms with Gasteiger partial charge in [-0.05, 0) is 35.7 Å². The molecule has 3 nitrogen and oxygen atoms in total. The van der Waals surface area contributed by atoms with Crippen molar-refractivity contribution in [1.82, 2.24) is 8.87 Å². The highest BCUT2D eigenvalue weighted by molar-refractivity contribution is 7.97. The molecule has 1 aromatic heterocycles. The number of hydrogen-bond donors (Lipinski definition) is 0. The summed E-state index contributed by atoms with van der Waals surface area (Å²) in [5.41, 5.74) is -0.170. The fourth-order valence-electron chi connectivity index (χ4n) is 2.19. The number of aromatic nitrogens is 1. The van der Waals surface area contributed by atoms with Gasteiger partial charge in [0, 0.05) is 35.8 Å². The number of benzene rings is 1. The molecule has 0 aliphatic rings. The van der Waals surface area contributed by atoms with E-state index in [-0.39, 0.29) is 17.7 Å². The second kappa shape index (κ2) is 7.63. The number of nitrogens with zero attached hydrogens (tertiary/aromatic N) is 2. The van der Waals surface area contributed by atoms with E-state index in [0.717, 1.165) is 11.9 Å². The van der Waals surface area contributed by atoms with Crippen LogP contribution < -0.4 is 5.56 Å². The van der Waals surface area contributed by atoms with Crippen molar-refractivity contribution in [3.63, 3.8) is 0 Å². The van der Waals surface area contributed by atoms with Crippen LogP contribution in [0.5, 0.6) is 0 Å². The molecule has 8 heteroatoms. The first-order valence-electron chi connectivity index (χ1n) is 7.16. The minimum absolute atomic E-state index is 0.102. The van der Waals surface area contributed by atoms with Crippen LogP contribution in [0.2, 0.25) is 5.02 Å². The van der Waals surface area contributed by atoms with E-state index in [1.807, 2.05) is 0 Å². The van der Waals surface area contributed by atoms with Gasteiger partial charge in [0.1, 0.15) is 6.04 Å². The van der Waals surface area contributed by atoms with Gasteiger partial charge < -0.3 is 4.57 Å². The Morgan fingerprint density at radius 3 is 2.38 bits per heavy atom. The maximum Gasteiger partial charge on any atom is 0.408 e. The number of pyridine rings is 1. The topological polar surface area (TPSA) is 25.2 Å². The Morgan fingerprint density at radius 1 is 1.25 bits per heavy atom. The first kappa shape index (κ1) is 18.9. The van der Waals surface area contributed by atoms with Crippen LogP contribution in [0.4, 0.5) is 13.2 Å². The van der Waals surface area contributed by atoms with E-state index in [2.05, 4.69) is 0 Å². The van der Waals surface area contributed by atoms with Gasteiger partial charge in [-0.25, -0.2) is 4.31 Å². The highest BCUT2D eigenvalue weighted by Crippen LogP contribution is 2.42. The molecule has 0 radical (unpaired) electrons. The lowest BCUT2D eigenvalue weighted by Crippen LogP contribution is -2.34. The van der Waals surface area contributed by atoms with Crippen molar-refractivity contribution >= 4 is 23.5 Å². The molecule has 0 bridgehead atoms. The van der Waals surface area contributed by atoms with E-state index < -0.39 is 12.2 Å². The summed E-state index contributed by atoms with van der Waals surface area (Å²) >= 11 is 6.68. The minimum Gasteiger partial charge on any atom is -0.319 e. The summed E-state index contributed by atoms with van der Waals surface area (Å²) in [6.07, 6.45) is -2.93. The summed E-state index contributed by atoms with van der Waals surface area (Å²) in [6.45, 7) is 1.79. The summed E-state index contributed by atoms with van der Waals surface area (Å²) in [5, 5.41) is 0.377. The van der Waals surface area contributed by atoms with Gasteiger partial charge in [-0.2, -0.15) is 13.2 Å². The fourth-order valence-corrected chi connectivity index (χ4v) is 3.33. The molecule has 2 aromatic rings. The number of aryl methyl sites for hydroxylation is 1. The molecule has 0 aliphatic heterocycles. The summed E-state index contributed by atoms with van der Waals surface area (Å²) in [5.74, 6) is 0. The molecule has 130 valence electrons. The molecule has 1 aromatic carbocycles. The molecule has 0 fully saturated rings. The van der Waals surface area contributed by atoms with Crippen LogP contribution in [0.15, 0.2) is 52.3 Å². The van der Waals surface area contributed by atoms with Crippen molar-refractivity contribution in [2.45, 2.75) is 24.0 Å². The minimum atomic E-state index is -4.46. The van der Waals surface area contributed by atoms with E-state index in [4.69, 9.17) is 11.6 Å². The highest BCUT2D eigenvalue weighted by atomic mass is 35.5. The Hall–Kier alpha value is -1.44. The second-order valence-electron chi connectivity index (χ2n) is 5.13. The smallest absolute Gasteiger partial charge is 0.319 e. The van der Waals surface area contributed by atoms with Crippen molar-refractivity contribution in [1.29, 1.82) is 0 Å². The van der Waals surface area contributed by atoms with Crippen LogP contribution in [0, 0.1) is 0 Å². The Bertz CT molecular complexity index is 746. The SMILES string of the molecule is CCN(Sc1ccn(C)c(=O)c1)C(c1ccc(Cl)cc1)C(F)(F)F. The number of hydrogen-bond acceptors (Lipinski definition) is 3. The molecule has 0 saturated carbocycles. The predicted molar refractivity (Wildman–Crippen MR) is 90.2 cm³/mol. The van der Waals surface area contributed by atoms with Crippen LogP contribution >= 0.6 is 23.5 Å². The first-order chi connectivity index (χ1) is 11.2. The summed E-state index contributed by atoms with van der Waals surface area (Å²) in [4.78, 5) is 12.1. The molecule has 0 spiro atoms. The van der Waals surface area contributed by atoms with Gasteiger partial charge in [0.25, 0.3) is 5.56 Å². The van der Waals surface area contributed by atoms with E-state index in [0.29, 0.717) is 9.92 Å². The van der Waals surface area contributed by atoms with Crippen molar-refractivity contribution in [3.05, 3.63) is 63.5 Å². The Labute approximate surface area is 147 Å². The molecule has 24 heavy (non-hydrogen) atoms. The third kappa shape index (κ3) is 4.55. The molecule has 0 N–H and O–H groups in total. The standard InChI is InChI=1S/C16H16ClF3N2OS/c1-3-22(24-13-8-9-21(2)14(23)10-13)15(16(18,19)20)11-4-6-12(17)7-5-11/h4-10,15H,3H2,1-2H3. The van der Waals surface area contributed by atoms with E-state index in [1.54, 1.807) is 20.0 Å². The molecule has 0 aliphatic carbocycles. The predicted octanol–water partition coefficient (Wildman–Crippen LogP) is 4.67. The number of alkyl halides is 3. The summed E-state index contributed by atoms with van der Waals surface area (Å²) < 4.78 is 43.5. The number of halogens is 4. The quantitative estimate of drug-likeness (QED) is 0.709.